The fourth-order valence-electron chi connectivity index (χ4n) is 3.87. The second-order valence-electron chi connectivity index (χ2n) is 7.85. The Labute approximate surface area is 170 Å². The summed E-state index contributed by atoms with van der Waals surface area (Å²) < 4.78 is 5.52. The average Bonchev–Trinajstić information content (AvgIpc) is 3.37. The number of hydrogen-bond donors (Lipinski definition) is 1. The quantitative estimate of drug-likeness (QED) is 0.674. The highest BCUT2D eigenvalue weighted by Crippen LogP contribution is 2.23. The smallest absolute Gasteiger partial charge is 0.227 e. The largest absolute Gasteiger partial charge is 0.376 e. The molecule has 2 fully saturated rings. The van der Waals surface area contributed by atoms with Gasteiger partial charge in [0.05, 0.1) is 17.4 Å². The fourth-order valence-corrected chi connectivity index (χ4v) is 4.68. The Morgan fingerprint density at radius 2 is 2.04 bits per heavy atom. The average molecular weight is 407 g/mol. The Morgan fingerprint density at radius 1 is 1.25 bits per heavy atom. The molecule has 154 valence electrons. The lowest BCUT2D eigenvalue weighted by atomic mass is 9.92. The van der Waals surface area contributed by atoms with E-state index in [1.54, 1.807) is 6.92 Å². The first kappa shape index (κ1) is 21.0. The van der Waals surface area contributed by atoms with Crippen LogP contribution in [-0.2, 0) is 20.7 Å². The summed E-state index contributed by atoms with van der Waals surface area (Å²) in [7, 11) is 0. The first-order valence-electron chi connectivity index (χ1n) is 10.3. The van der Waals surface area contributed by atoms with Crippen molar-refractivity contribution < 1.29 is 19.1 Å². The molecule has 0 unspecified atom stereocenters. The highest BCUT2D eigenvalue weighted by Gasteiger charge is 2.24. The van der Waals surface area contributed by atoms with Crippen molar-refractivity contribution in [3.05, 3.63) is 21.9 Å². The molecule has 28 heavy (non-hydrogen) atoms. The van der Waals surface area contributed by atoms with Crippen molar-refractivity contribution in [2.75, 3.05) is 26.2 Å². The van der Waals surface area contributed by atoms with Gasteiger partial charge >= 0.3 is 0 Å². The molecule has 1 aromatic rings. The standard InChI is InChI=1S/C21H30N2O4S/c1-15(24)19-11-17(14-28-19)12-21(26)23-8-6-16(7-9-23)4-5-20(25)22-13-18-3-2-10-27-18/h11,14,16,18H,2-10,12-13H2,1H3,(H,22,25)/t18-/m1/s1. The molecule has 0 radical (unpaired) electrons. The Balaban J connectivity index is 1.32. The lowest BCUT2D eigenvalue weighted by Crippen LogP contribution is -2.39. The van der Waals surface area contributed by atoms with Gasteiger partial charge in [-0.3, -0.25) is 14.4 Å². The van der Waals surface area contributed by atoms with Gasteiger partial charge in [0.15, 0.2) is 5.78 Å². The van der Waals surface area contributed by atoms with Crippen LogP contribution in [0.25, 0.3) is 0 Å². The molecular formula is C21H30N2O4S. The van der Waals surface area contributed by atoms with Crippen LogP contribution in [0.5, 0.6) is 0 Å². The van der Waals surface area contributed by atoms with Crippen LogP contribution in [-0.4, -0.2) is 54.8 Å². The monoisotopic (exact) mass is 406 g/mol. The number of carbonyl (C=O) groups excluding carboxylic acids is 3. The van der Waals surface area contributed by atoms with E-state index in [1.165, 1.54) is 11.3 Å². The van der Waals surface area contributed by atoms with Crippen LogP contribution in [0.1, 0.15) is 60.7 Å². The van der Waals surface area contributed by atoms with Crippen LogP contribution in [0.2, 0.25) is 0 Å². The minimum Gasteiger partial charge on any atom is -0.376 e. The van der Waals surface area contributed by atoms with E-state index in [9.17, 15) is 14.4 Å². The molecular weight excluding hydrogens is 376 g/mol. The van der Waals surface area contributed by atoms with Crippen molar-refractivity contribution in [3.8, 4) is 0 Å². The molecule has 3 rings (SSSR count). The van der Waals surface area contributed by atoms with Gasteiger partial charge < -0.3 is 15.0 Å². The van der Waals surface area contributed by atoms with Crippen LogP contribution in [0.4, 0.5) is 0 Å². The maximum absolute atomic E-state index is 12.5. The number of carbonyl (C=O) groups is 3. The van der Waals surface area contributed by atoms with Gasteiger partial charge in [-0.1, -0.05) is 0 Å². The Kier molecular flexibility index (Phi) is 7.62. The summed E-state index contributed by atoms with van der Waals surface area (Å²) in [6.45, 7) is 4.49. The molecule has 6 nitrogen and oxygen atoms in total. The van der Waals surface area contributed by atoms with Crippen molar-refractivity contribution in [1.82, 2.24) is 10.2 Å². The second-order valence-corrected chi connectivity index (χ2v) is 8.77. The molecule has 0 aliphatic carbocycles. The SMILES string of the molecule is CC(=O)c1cc(CC(=O)N2CCC(CCC(=O)NC[C@H]3CCCO3)CC2)cs1. The number of amides is 2. The number of nitrogens with zero attached hydrogens (tertiary/aromatic N) is 1. The minimum absolute atomic E-state index is 0.0457. The molecule has 3 heterocycles. The third-order valence-electron chi connectivity index (χ3n) is 5.65. The molecule has 1 aromatic heterocycles. The number of rotatable bonds is 8. The Hall–Kier alpha value is -1.73. The van der Waals surface area contributed by atoms with Gasteiger partial charge in [0.2, 0.25) is 11.8 Å². The van der Waals surface area contributed by atoms with E-state index in [4.69, 9.17) is 4.74 Å². The molecule has 0 saturated carbocycles. The van der Waals surface area contributed by atoms with E-state index in [2.05, 4.69) is 5.32 Å². The third kappa shape index (κ3) is 6.14. The maximum atomic E-state index is 12.5. The summed E-state index contributed by atoms with van der Waals surface area (Å²) in [5, 5.41) is 4.88. The highest BCUT2D eigenvalue weighted by molar-refractivity contribution is 7.12. The molecule has 2 aliphatic rings. The number of nitrogens with one attached hydrogen (secondary N) is 1. The molecule has 1 N–H and O–H groups in total. The molecule has 1 atom stereocenters. The fraction of sp³-hybridized carbons (Fsp3) is 0.667. The summed E-state index contributed by atoms with van der Waals surface area (Å²) in [5.41, 5.74) is 0.922. The highest BCUT2D eigenvalue weighted by atomic mass is 32.1. The van der Waals surface area contributed by atoms with Crippen molar-refractivity contribution >= 4 is 28.9 Å². The van der Waals surface area contributed by atoms with Crippen LogP contribution in [0.15, 0.2) is 11.4 Å². The van der Waals surface area contributed by atoms with E-state index in [1.807, 2.05) is 16.3 Å². The van der Waals surface area contributed by atoms with Gasteiger partial charge in [-0.05, 0) is 62.0 Å². The van der Waals surface area contributed by atoms with Crippen molar-refractivity contribution in [1.29, 1.82) is 0 Å². The molecule has 2 saturated heterocycles. The third-order valence-corrected chi connectivity index (χ3v) is 6.73. The Bertz CT molecular complexity index is 688. The predicted molar refractivity (Wildman–Crippen MR) is 109 cm³/mol. The normalized spacial score (nSPS) is 20.3. The van der Waals surface area contributed by atoms with Crippen LogP contribution < -0.4 is 5.32 Å². The second kappa shape index (κ2) is 10.2. The van der Waals surface area contributed by atoms with E-state index in [0.29, 0.717) is 30.2 Å². The zero-order chi connectivity index (χ0) is 19.9. The summed E-state index contributed by atoms with van der Waals surface area (Å²) in [6, 6.07) is 1.83. The van der Waals surface area contributed by atoms with Crippen LogP contribution in [0, 0.1) is 5.92 Å². The lowest BCUT2D eigenvalue weighted by Gasteiger charge is -2.32. The first-order chi connectivity index (χ1) is 13.5. The number of thiophene rings is 1. The van der Waals surface area contributed by atoms with Crippen molar-refractivity contribution in [3.63, 3.8) is 0 Å². The summed E-state index contributed by atoms with van der Waals surface area (Å²) in [6.07, 6.45) is 6.00. The summed E-state index contributed by atoms with van der Waals surface area (Å²) in [4.78, 5) is 38.5. The van der Waals surface area contributed by atoms with E-state index < -0.39 is 0 Å². The number of Topliss-reactive ketones (excluding diaryl/α,β-unsaturated/α-hetero) is 1. The first-order valence-corrected chi connectivity index (χ1v) is 11.1. The molecule has 0 spiro atoms. The lowest BCUT2D eigenvalue weighted by molar-refractivity contribution is -0.132. The molecule has 7 heteroatoms. The van der Waals surface area contributed by atoms with E-state index in [-0.39, 0.29) is 23.7 Å². The van der Waals surface area contributed by atoms with Gasteiger partial charge in [-0.25, -0.2) is 0 Å². The molecule has 0 aromatic carbocycles. The van der Waals surface area contributed by atoms with E-state index in [0.717, 1.165) is 57.4 Å². The van der Waals surface area contributed by atoms with Gasteiger partial charge in [-0.2, -0.15) is 0 Å². The number of ketones is 1. The summed E-state index contributed by atoms with van der Waals surface area (Å²) in [5.74, 6) is 0.778. The van der Waals surface area contributed by atoms with Crippen LogP contribution >= 0.6 is 11.3 Å². The predicted octanol–water partition coefficient (Wildman–Crippen LogP) is 2.81. The maximum Gasteiger partial charge on any atom is 0.227 e. The molecule has 2 amide bonds. The molecule has 2 aliphatic heterocycles. The van der Waals surface area contributed by atoms with E-state index >= 15 is 0 Å². The Morgan fingerprint density at radius 3 is 2.68 bits per heavy atom. The minimum atomic E-state index is 0.0457. The van der Waals surface area contributed by atoms with Gasteiger partial charge in [0, 0.05) is 32.7 Å². The topological polar surface area (TPSA) is 75.7 Å². The summed E-state index contributed by atoms with van der Waals surface area (Å²) >= 11 is 1.40. The van der Waals surface area contributed by atoms with Crippen LogP contribution in [0.3, 0.4) is 0 Å². The van der Waals surface area contributed by atoms with Crippen molar-refractivity contribution in [2.45, 2.75) is 58.0 Å². The number of ether oxygens (including phenoxy) is 1. The number of likely N-dealkylation sites (tertiary alicyclic amines) is 1. The number of hydrogen-bond acceptors (Lipinski definition) is 5. The van der Waals surface area contributed by atoms with Gasteiger partial charge in [0.1, 0.15) is 0 Å². The van der Waals surface area contributed by atoms with Crippen molar-refractivity contribution in [2.24, 2.45) is 5.92 Å². The van der Waals surface area contributed by atoms with Gasteiger partial charge in [0.25, 0.3) is 0 Å². The zero-order valence-corrected chi connectivity index (χ0v) is 17.4. The zero-order valence-electron chi connectivity index (χ0n) is 16.6. The number of piperidine rings is 1. The molecule has 0 bridgehead atoms. The van der Waals surface area contributed by atoms with Gasteiger partial charge in [-0.15, -0.1) is 11.3 Å².